The van der Waals surface area contributed by atoms with Gasteiger partial charge >= 0.3 is 0 Å². The van der Waals surface area contributed by atoms with E-state index in [-0.39, 0.29) is 11.9 Å². The van der Waals surface area contributed by atoms with Gasteiger partial charge in [-0.2, -0.15) is 5.10 Å². The van der Waals surface area contributed by atoms with Gasteiger partial charge in [0.25, 0.3) is 0 Å². The molecule has 2 atom stereocenters. The maximum absolute atomic E-state index is 13.9. The van der Waals surface area contributed by atoms with Crippen LogP contribution in [-0.2, 0) is 4.79 Å². The Hall–Kier alpha value is -1.85. The molecule has 1 amide bonds. The van der Waals surface area contributed by atoms with Crippen LogP contribution in [0.4, 0.5) is 5.82 Å². The lowest BCUT2D eigenvalue weighted by atomic mass is 9.87. The number of carbonyl (C=O) groups excluding carboxylic acids is 1. The second-order valence-corrected chi connectivity index (χ2v) is 9.04. The van der Waals surface area contributed by atoms with Gasteiger partial charge < -0.3 is 4.90 Å². The maximum atomic E-state index is 13.9. The number of halogens is 2. The van der Waals surface area contributed by atoms with Crippen LogP contribution in [0.1, 0.15) is 70.9 Å². The van der Waals surface area contributed by atoms with Gasteiger partial charge in [0, 0.05) is 24.9 Å². The lowest BCUT2D eigenvalue weighted by molar-refractivity contribution is -0.134. The van der Waals surface area contributed by atoms with Gasteiger partial charge in [-0.3, -0.25) is 4.79 Å². The molecule has 0 spiro atoms. The van der Waals surface area contributed by atoms with E-state index in [4.69, 9.17) is 28.2 Å². The molecule has 0 fully saturated rings. The molecule has 0 N–H and O–H groups in total. The average molecular weight is 463 g/mol. The molecule has 0 saturated carbocycles. The minimum atomic E-state index is -0.423. The van der Waals surface area contributed by atoms with Gasteiger partial charge in [-0.15, -0.1) is 0 Å². The molecule has 2 unspecified atom stereocenters. The lowest BCUT2D eigenvalue weighted by Gasteiger charge is -2.35. The Morgan fingerprint density at radius 1 is 1.03 bits per heavy atom. The SMILES string of the molecule is CCCCCN(CCCCC)C(=O)C1C(C)=Nc2ccnn2C1c1ccc(Cl)c(Cl)c1. The van der Waals surface area contributed by atoms with Crippen LogP contribution >= 0.6 is 23.2 Å². The summed E-state index contributed by atoms with van der Waals surface area (Å²) in [6.07, 6.45) is 8.25. The normalized spacial score (nSPS) is 17.9. The van der Waals surface area contributed by atoms with Gasteiger partial charge in [0.2, 0.25) is 5.91 Å². The fraction of sp³-hybridized carbons (Fsp3) is 0.542. The summed E-state index contributed by atoms with van der Waals surface area (Å²) in [4.78, 5) is 20.7. The minimum Gasteiger partial charge on any atom is -0.342 e. The van der Waals surface area contributed by atoms with Gasteiger partial charge in [-0.05, 0) is 37.5 Å². The number of hydrogen-bond acceptors (Lipinski definition) is 3. The molecule has 1 aromatic carbocycles. The Morgan fingerprint density at radius 2 is 1.71 bits per heavy atom. The van der Waals surface area contributed by atoms with Crippen LogP contribution in [0.2, 0.25) is 10.0 Å². The van der Waals surface area contributed by atoms with E-state index in [0.29, 0.717) is 10.0 Å². The number of benzene rings is 1. The van der Waals surface area contributed by atoms with Crippen LogP contribution in [0, 0.1) is 5.92 Å². The van der Waals surface area contributed by atoms with Crippen LogP contribution in [0.3, 0.4) is 0 Å². The molecule has 0 radical (unpaired) electrons. The van der Waals surface area contributed by atoms with E-state index >= 15 is 0 Å². The van der Waals surface area contributed by atoms with Crippen molar-refractivity contribution in [3.05, 3.63) is 46.1 Å². The first-order valence-corrected chi connectivity index (χ1v) is 12.1. The molecule has 2 aromatic rings. The number of aromatic nitrogens is 2. The molecule has 5 nitrogen and oxygen atoms in total. The Bertz CT molecular complexity index is 914. The second kappa shape index (κ2) is 11.1. The molecule has 31 heavy (non-hydrogen) atoms. The molecule has 7 heteroatoms. The van der Waals surface area contributed by atoms with E-state index in [9.17, 15) is 4.79 Å². The smallest absolute Gasteiger partial charge is 0.233 e. The summed E-state index contributed by atoms with van der Waals surface area (Å²) in [5.74, 6) is 0.444. The van der Waals surface area contributed by atoms with E-state index < -0.39 is 5.92 Å². The quantitative estimate of drug-likeness (QED) is 0.368. The summed E-state index contributed by atoms with van der Waals surface area (Å²) in [7, 11) is 0. The zero-order valence-electron chi connectivity index (χ0n) is 18.7. The highest BCUT2D eigenvalue weighted by Gasteiger charge is 2.40. The highest BCUT2D eigenvalue weighted by atomic mass is 35.5. The largest absolute Gasteiger partial charge is 0.342 e. The first-order valence-electron chi connectivity index (χ1n) is 11.3. The summed E-state index contributed by atoms with van der Waals surface area (Å²) in [6.45, 7) is 7.86. The molecular formula is C24H32Cl2N4O. The second-order valence-electron chi connectivity index (χ2n) is 8.22. The highest BCUT2D eigenvalue weighted by molar-refractivity contribution is 6.42. The third-order valence-corrected chi connectivity index (χ3v) is 6.63. The number of unbranched alkanes of at least 4 members (excludes halogenated alkanes) is 4. The van der Waals surface area contributed by atoms with Crippen molar-refractivity contribution in [1.29, 1.82) is 0 Å². The number of hydrogen-bond donors (Lipinski definition) is 0. The van der Waals surface area contributed by atoms with Gasteiger partial charge in [0.15, 0.2) is 5.82 Å². The van der Waals surface area contributed by atoms with E-state index in [0.717, 1.165) is 68.7 Å². The summed E-state index contributed by atoms with van der Waals surface area (Å²) in [6, 6.07) is 7.13. The van der Waals surface area contributed by atoms with Crippen LogP contribution < -0.4 is 0 Å². The first kappa shape index (κ1) is 23.8. The van der Waals surface area contributed by atoms with Crippen LogP contribution in [-0.4, -0.2) is 39.4 Å². The van der Waals surface area contributed by atoms with Gasteiger partial charge in [0.05, 0.1) is 22.3 Å². The number of carbonyl (C=O) groups is 1. The monoisotopic (exact) mass is 462 g/mol. The number of amides is 1. The molecule has 0 aliphatic carbocycles. The summed E-state index contributed by atoms with van der Waals surface area (Å²) in [5, 5.41) is 5.48. The molecule has 1 aliphatic rings. The Labute approximate surface area is 195 Å². The molecule has 2 heterocycles. The maximum Gasteiger partial charge on any atom is 0.233 e. The van der Waals surface area contributed by atoms with Crippen LogP contribution in [0.5, 0.6) is 0 Å². The summed E-state index contributed by atoms with van der Waals surface area (Å²) in [5.41, 5.74) is 1.72. The van der Waals surface area contributed by atoms with Crippen molar-refractivity contribution in [2.45, 2.75) is 65.3 Å². The van der Waals surface area contributed by atoms with Crippen molar-refractivity contribution >= 4 is 40.6 Å². The highest BCUT2D eigenvalue weighted by Crippen LogP contribution is 2.38. The van der Waals surface area contributed by atoms with E-state index in [2.05, 4.69) is 18.9 Å². The van der Waals surface area contributed by atoms with Crippen LogP contribution in [0.15, 0.2) is 35.5 Å². The van der Waals surface area contributed by atoms with Gasteiger partial charge in [0.1, 0.15) is 5.92 Å². The lowest BCUT2D eigenvalue weighted by Crippen LogP contribution is -2.45. The first-order chi connectivity index (χ1) is 15.0. The Morgan fingerprint density at radius 3 is 2.32 bits per heavy atom. The molecule has 0 saturated heterocycles. The zero-order valence-corrected chi connectivity index (χ0v) is 20.2. The third kappa shape index (κ3) is 5.50. The number of rotatable bonds is 10. The van der Waals surface area contributed by atoms with Crippen molar-refractivity contribution < 1.29 is 4.79 Å². The zero-order chi connectivity index (χ0) is 22.4. The minimum absolute atomic E-state index is 0.116. The molecule has 0 bridgehead atoms. The van der Waals surface area contributed by atoms with Crippen molar-refractivity contribution in [2.75, 3.05) is 13.1 Å². The van der Waals surface area contributed by atoms with E-state index in [1.54, 1.807) is 12.3 Å². The van der Waals surface area contributed by atoms with Crippen molar-refractivity contribution in [1.82, 2.24) is 14.7 Å². The Balaban J connectivity index is 1.97. The standard InChI is InChI=1S/C24H32Cl2N4O/c1-4-6-8-14-29(15-9-7-5-2)24(31)22-17(3)28-21-12-13-27-30(21)23(22)18-10-11-19(25)20(26)16-18/h10-13,16,22-23H,4-9,14-15H2,1-3H3. The third-order valence-electron chi connectivity index (χ3n) is 5.90. The fourth-order valence-corrected chi connectivity index (χ4v) is 4.51. The molecular weight excluding hydrogens is 431 g/mol. The summed E-state index contributed by atoms with van der Waals surface area (Å²) >= 11 is 12.5. The predicted molar refractivity (Wildman–Crippen MR) is 129 cm³/mol. The number of aliphatic imine (C=N–C) groups is 1. The van der Waals surface area contributed by atoms with Gasteiger partial charge in [-0.1, -0.05) is 68.8 Å². The Kier molecular flexibility index (Phi) is 8.56. The molecule has 3 rings (SSSR count). The summed E-state index contributed by atoms with van der Waals surface area (Å²) < 4.78 is 1.84. The van der Waals surface area contributed by atoms with Crippen LogP contribution in [0.25, 0.3) is 0 Å². The van der Waals surface area contributed by atoms with Crippen molar-refractivity contribution in [2.24, 2.45) is 10.9 Å². The topological polar surface area (TPSA) is 50.5 Å². The predicted octanol–water partition coefficient (Wildman–Crippen LogP) is 6.71. The number of fused-ring (bicyclic) bond motifs is 1. The fourth-order valence-electron chi connectivity index (χ4n) is 4.21. The molecule has 1 aliphatic heterocycles. The molecule has 168 valence electrons. The van der Waals surface area contributed by atoms with Crippen molar-refractivity contribution in [3.8, 4) is 0 Å². The van der Waals surface area contributed by atoms with Crippen molar-refractivity contribution in [3.63, 3.8) is 0 Å². The van der Waals surface area contributed by atoms with E-state index in [1.807, 2.05) is 34.7 Å². The molecule has 1 aromatic heterocycles. The van der Waals surface area contributed by atoms with E-state index in [1.165, 1.54) is 0 Å². The average Bonchev–Trinajstić information content (AvgIpc) is 3.21. The number of nitrogens with zero attached hydrogens (tertiary/aromatic N) is 4. The van der Waals surface area contributed by atoms with Gasteiger partial charge in [-0.25, -0.2) is 9.67 Å².